The molecule has 0 heterocycles. The van der Waals surface area contributed by atoms with E-state index in [0.717, 1.165) is 0 Å². The lowest BCUT2D eigenvalue weighted by molar-refractivity contribution is -0.466. The molecule has 0 nitrogen and oxygen atoms in total. The van der Waals surface area contributed by atoms with E-state index in [4.69, 9.17) is 0 Å². The van der Waals surface area contributed by atoms with Gasteiger partial charge in [0.1, 0.15) is 0 Å². The fraction of sp³-hybridized carbons (Fsp3) is 0.889. The van der Waals surface area contributed by atoms with Crippen molar-refractivity contribution in [1.82, 2.24) is 0 Å². The van der Waals surface area contributed by atoms with Gasteiger partial charge in [-0.1, -0.05) is 0 Å². The molecule has 0 atom stereocenters. The molecule has 1 radical (unpaired) electrons. The predicted octanol–water partition coefficient (Wildman–Crippen LogP) is 6.42. The zero-order valence-corrected chi connectivity index (χ0v) is 11.7. The van der Waals surface area contributed by atoms with Gasteiger partial charge in [-0.15, -0.1) is 0 Å². The monoisotopic (exact) mass is 469 g/mol. The number of alkyl halides is 17. The van der Waals surface area contributed by atoms with Gasteiger partial charge in [0, 0.05) is 0 Å². The SMILES string of the molecule is F[C](F)C(F)(F)C(F)(F)C(F)(F)C(F)(F)C(F)(F)C(F)(C(F)(F)F)C(F)(F)F. The van der Waals surface area contributed by atoms with E-state index in [1.807, 2.05) is 0 Å². The molecule has 0 fully saturated rings. The third-order valence-electron chi connectivity index (χ3n) is 3.03. The van der Waals surface area contributed by atoms with E-state index in [1.54, 1.807) is 0 Å². The van der Waals surface area contributed by atoms with Gasteiger partial charge < -0.3 is 0 Å². The minimum absolute atomic E-state index is 5.16. The van der Waals surface area contributed by atoms with Crippen LogP contribution in [0.25, 0.3) is 0 Å². The quantitative estimate of drug-likeness (QED) is 0.394. The van der Waals surface area contributed by atoms with Crippen LogP contribution < -0.4 is 0 Å². The second-order valence-electron chi connectivity index (χ2n) is 4.79. The highest BCUT2D eigenvalue weighted by Crippen LogP contribution is 2.65. The zero-order valence-electron chi connectivity index (χ0n) is 11.7. The van der Waals surface area contributed by atoms with E-state index in [0.29, 0.717) is 0 Å². The summed E-state index contributed by atoms with van der Waals surface area (Å²) < 4.78 is 237. The fourth-order valence-electron chi connectivity index (χ4n) is 1.44. The number of hydrogen-bond acceptors (Lipinski definition) is 0. The van der Waals surface area contributed by atoms with Gasteiger partial charge in [0.15, 0.2) is 0 Å². The summed E-state index contributed by atoms with van der Waals surface area (Å²) in [4.78, 5) is 0. The van der Waals surface area contributed by atoms with Crippen LogP contribution in [0.15, 0.2) is 0 Å². The first-order valence-electron chi connectivity index (χ1n) is 5.59. The van der Waals surface area contributed by atoms with E-state index < -0.39 is 54.1 Å². The van der Waals surface area contributed by atoms with Gasteiger partial charge in [-0.3, -0.25) is 0 Å². The van der Waals surface area contributed by atoms with Crippen LogP contribution in [0.4, 0.5) is 83.4 Å². The van der Waals surface area contributed by atoms with Crippen LogP contribution in [0, 0.1) is 6.43 Å². The maximum atomic E-state index is 13.1. The van der Waals surface area contributed by atoms with Crippen LogP contribution in [-0.4, -0.2) is 47.6 Å². The van der Waals surface area contributed by atoms with Gasteiger partial charge in [0.25, 0.3) is 0 Å². The Balaban J connectivity index is 6.95. The van der Waals surface area contributed by atoms with Crippen molar-refractivity contribution in [3.8, 4) is 0 Å². The minimum Gasteiger partial charge on any atom is -0.216 e. The highest BCUT2D eigenvalue weighted by Gasteiger charge is 2.97. The normalized spacial score (nSPS) is 16.7. The van der Waals surface area contributed by atoms with Crippen LogP contribution >= 0.6 is 0 Å². The Morgan fingerprint density at radius 1 is 0.357 bits per heavy atom. The second-order valence-corrected chi connectivity index (χ2v) is 4.79. The fourth-order valence-corrected chi connectivity index (χ4v) is 1.44. The van der Waals surface area contributed by atoms with Crippen LogP contribution in [0.2, 0.25) is 0 Å². The largest absolute Gasteiger partial charge is 0.438 e. The third-order valence-corrected chi connectivity index (χ3v) is 3.03. The van der Waals surface area contributed by atoms with Crippen LogP contribution in [0.1, 0.15) is 0 Å². The molecule has 0 aliphatic heterocycles. The standard InChI is InChI=1S/C9F19/c10-1(11)2(12,13)4(15,16)6(19,20)7(21,22)5(17,18)3(14,8(23,24)25)9(26,27)28. The van der Waals surface area contributed by atoms with Crippen molar-refractivity contribution < 1.29 is 83.4 Å². The topological polar surface area (TPSA) is 0 Å². The molecule has 0 amide bonds. The molecule has 0 saturated carbocycles. The van der Waals surface area contributed by atoms with Crippen molar-refractivity contribution in [1.29, 1.82) is 0 Å². The smallest absolute Gasteiger partial charge is 0.216 e. The summed E-state index contributed by atoms with van der Waals surface area (Å²) in [5.41, 5.74) is -8.69. The van der Waals surface area contributed by atoms with Gasteiger partial charge in [0.05, 0.1) is 0 Å². The van der Waals surface area contributed by atoms with E-state index in [-0.39, 0.29) is 0 Å². The Kier molecular flexibility index (Phi) is 6.03. The Hall–Kier alpha value is -1.33. The summed E-state index contributed by atoms with van der Waals surface area (Å²) in [6.07, 6.45) is -21.7. The van der Waals surface area contributed by atoms with Crippen molar-refractivity contribution in [3.05, 3.63) is 6.43 Å². The van der Waals surface area contributed by atoms with Crippen molar-refractivity contribution in [2.45, 2.75) is 47.6 Å². The molecule has 169 valence electrons. The molecule has 28 heavy (non-hydrogen) atoms. The highest BCUT2D eigenvalue weighted by molar-refractivity contribution is 5.19. The molecule has 0 rings (SSSR count). The van der Waals surface area contributed by atoms with Crippen LogP contribution in [0.5, 0.6) is 0 Å². The summed E-state index contributed by atoms with van der Waals surface area (Å²) in [5, 5.41) is 0. The van der Waals surface area contributed by atoms with Crippen LogP contribution in [0.3, 0.4) is 0 Å². The molecule has 19 heteroatoms. The van der Waals surface area contributed by atoms with E-state index in [2.05, 4.69) is 0 Å². The first-order valence-corrected chi connectivity index (χ1v) is 5.59. The summed E-state index contributed by atoms with van der Waals surface area (Å²) in [7, 11) is 0. The Morgan fingerprint density at radius 3 is 0.821 bits per heavy atom. The van der Waals surface area contributed by atoms with Crippen molar-refractivity contribution in [2.24, 2.45) is 0 Å². The molecule has 0 aromatic heterocycles. The molecular weight excluding hydrogens is 469 g/mol. The summed E-state index contributed by atoms with van der Waals surface area (Å²) in [6, 6.07) is 0. The lowest BCUT2D eigenvalue weighted by atomic mass is 9.84. The molecule has 0 saturated heterocycles. The summed E-state index contributed by atoms with van der Waals surface area (Å²) >= 11 is 0. The maximum Gasteiger partial charge on any atom is 0.438 e. The van der Waals surface area contributed by atoms with E-state index >= 15 is 0 Å². The molecule has 0 bridgehead atoms. The molecule has 0 aliphatic carbocycles. The number of halogens is 19. The first-order chi connectivity index (χ1) is 11.7. The van der Waals surface area contributed by atoms with E-state index in [9.17, 15) is 83.4 Å². The van der Waals surface area contributed by atoms with Gasteiger partial charge >= 0.3 is 54.1 Å². The van der Waals surface area contributed by atoms with Gasteiger partial charge in [-0.05, 0) is 0 Å². The predicted molar refractivity (Wildman–Crippen MR) is 46.1 cm³/mol. The third kappa shape index (κ3) is 3.02. The minimum atomic E-state index is -8.95. The molecular formula is C9F19. The molecule has 0 unspecified atom stereocenters. The number of rotatable bonds is 6. The van der Waals surface area contributed by atoms with Gasteiger partial charge in [0.2, 0.25) is 0 Å². The second kappa shape index (κ2) is 6.33. The van der Waals surface area contributed by atoms with Gasteiger partial charge in [-0.25, -0.2) is 4.39 Å². The van der Waals surface area contributed by atoms with Crippen molar-refractivity contribution >= 4 is 0 Å². The molecule has 0 N–H and O–H groups in total. The Labute approximate surface area is 139 Å². The number of hydrogen-bond donors (Lipinski definition) is 0. The summed E-state index contributed by atoms with van der Waals surface area (Å²) in [5.74, 6) is -42.8. The van der Waals surface area contributed by atoms with Crippen LogP contribution in [-0.2, 0) is 0 Å². The Morgan fingerprint density at radius 2 is 0.607 bits per heavy atom. The van der Waals surface area contributed by atoms with Crippen molar-refractivity contribution in [3.63, 3.8) is 0 Å². The Bertz CT molecular complexity index is 547. The average Bonchev–Trinajstić information content (AvgIpc) is 2.42. The average molecular weight is 469 g/mol. The zero-order chi connectivity index (χ0) is 23.6. The lowest BCUT2D eigenvalue weighted by Crippen LogP contribution is -2.76. The maximum absolute atomic E-state index is 13.1. The highest BCUT2D eigenvalue weighted by atomic mass is 19.4. The van der Waals surface area contributed by atoms with Crippen molar-refractivity contribution in [2.75, 3.05) is 0 Å². The molecule has 0 aromatic rings. The first kappa shape index (κ1) is 26.7. The molecule has 0 aliphatic rings. The molecule has 0 aromatic carbocycles. The lowest BCUT2D eigenvalue weighted by Gasteiger charge is -2.43. The van der Waals surface area contributed by atoms with Gasteiger partial charge in [-0.2, -0.15) is 79.0 Å². The van der Waals surface area contributed by atoms with E-state index in [1.165, 1.54) is 0 Å². The summed E-state index contributed by atoms with van der Waals surface area (Å²) in [6.45, 7) is 0. The molecule has 0 spiro atoms.